The Morgan fingerprint density at radius 2 is 2.00 bits per heavy atom. The van der Waals surface area contributed by atoms with E-state index in [4.69, 9.17) is 5.73 Å². The Morgan fingerprint density at radius 3 is 2.65 bits per heavy atom. The fourth-order valence-electron chi connectivity index (χ4n) is 1.50. The smallest absolute Gasteiger partial charge is 0.153 e. The number of halogens is 1. The number of nitrogens with zero attached hydrogens (tertiary/aromatic N) is 2. The Labute approximate surface area is 98.7 Å². The number of nitrogen functional groups attached to an aromatic ring is 1. The van der Waals surface area contributed by atoms with Crippen molar-refractivity contribution in [2.45, 2.75) is 13.0 Å². The lowest BCUT2D eigenvalue weighted by molar-refractivity contribution is 0.626. The van der Waals surface area contributed by atoms with Gasteiger partial charge in [0.15, 0.2) is 5.82 Å². The number of nitrogens with two attached hydrogens (primary N) is 1. The van der Waals surface area contributed by atoms with Crippen molar-refractivity contribution in [2.75, 3.05) is 11.1 Å². The van der Waals surface area contributed by atoms with Crippen LogP contribution in [0.2, 0.25) is 0 Å². The van der Waals surface area contributed by atoms with Gasteiger partial charge >= 0.3 is 0 Å². The van der Waals surface area contributed by atoms with E-state index in [-0.39, 0.29) is 11.9 Å². The summed E-state index contributed by atoms with van der Waals surface area (Å²) in [6.07, 6.45) is 2.96. The molecule has 0 aliphatic heterocycles. The van der Waals surface area contributed by atoms with Crippen molar-refractivity contribution >= 4 is 11.5 Å². The second-order valence-corrected chi connectivity index (χ2v) is 3.74. The maximum atomic E-state index is 12.8. The molecule has 1 unspecified atom stereocenters. The molecule has 5 heteroatoms. The average Bonchev–Trinajstić information content (AvgIpc) is 2.33. The molecule has 1 aromatic heterocycles. The first-order valence-corrected chi connectivity index (χ1v) is 5.24. The first-order chi connectivity index (χ1) is 8.16. The van der Waals surface area contributed by atoms with E-state index in [1.807, 2.05) is 6.92 Å². The van der Waals surface area contributed by atoms with Crippen LogP contribution in [-0.4, -0.2) is 9.97 Å². The van der Waals surface area contributed by atoms with Gasteiger partial charge < -0.3 is 11.1 Å². The zero-order valence-corrected chi connectivity index (χ0v) is 9.39. The quantitative estimate of drug-likeness (QED) is 0.852. The molecule has 0 aliphatic carbocycles. The van der Waals surface area contributed by atoms with Crippen molar-refractivity contribution in [1.29, 1.82) is 0 Å². The van der Waals surface area contributed by atoms with Gasteiger partial charge in [-0.05, 0) is 24.6 Å². The summed E-state index contributed by atoms with van der Waals surface area (Å²) < 4.78 is 12.8. The summed E-state index contributed by atoms with van der Waals surface area (Å²) >= 11 is 0. The van der Waals surface area contributed by atoms with Crippen LogP contribution in [0.4, 0.5) is 15.9 Å². The van der Waals surface area contributed by atoms with Crippen LogP contribution in [0.5, 0.6) is 0 Å². The highest BCUT2D eigenvalue weighted by atomic mass is 19.1. The summed E-state index contributed by atoms with van der Waals surface area (Å²) in [6, 6.07) is 6.30. The normalized spacial score (nSPS) is 12.1. The molecule has 3 N–H and O–H groups in total. The summed E-state index contributed by atoms with van der Waals surface area (Å²) in [6.45, 7) is 1.95. The van der Waals surface area contributed by atoms with Gasteiger partial charge in [-0.25, -0.2) is 14.4 Å². The van der Waals surface area contributed by atoms with E-state index in [2.05, 4.69) is 15.3 Å². The molecule has 0 saturated heterocycles. The molecule has 1 heterocycles. The zero-order valence-electron chi connectivity index (χ0n) is 9.39. The molecule has 0 radical (unpaired) electrons. The molecule has 1 aromatic carbocycles. The third-order valence-electron chi connectivity index (χ3n) is 2.46. The zero-order chi connectivity index (χ0) is 12.3. The van der Waals surface area contributed by atoms with E-state index in [1.54, 1.807) is 12.1 Å². The average molecular weight is 232 g/mol. The molecule has 0 fully saturated rings. The van der Waals surface area contributed by atoms with Crippen molar-refractivity contribution < 1.29 is 4.39 Å². The highest BCUT2D eigenvalue weighted by Gasteiger charge is 2.08. The molecule has 2 rings (SSSR count). The summed E-state index contributed by atoms with van der Waals surface area (Å²) in [5.41, 5.74) is 7.17. The Kier molecular flexibility index (Phi) is 3.18. The first kappa shape index (κ1) is 11.3. The largest absolute Gasteiger partial charge is 0.394 e. The Balaban J connectivity index is 2.14. The van der Waals surface area contributed by atoms with Crippen molar-refractivity contribution in [3.63, 3.8) is 0 Å². The van der Waals surface area contributed by atoms with Crippen molar-refractivity contribution in [3.05, 3.63) is 48.2 Å². The van der Waals surface area contributed by atoms with Crippen LogP contribution in [0.3, 0.4) is 0 Å². The number of rotatable bonds is 3. The predicted octanol–water partition coefficient (Wildman–Crippen LogP) is 2.37. The van der Waals surface area contributed by atoms with Crippen LogP contribution in [0.25, 0.3) is 0 Å². The second kappa shape index (κ2) is 4.78. The van der Waals surface area contributed by atoms with Crippen molar-refractivity contribution in [2.24, 2.45) is 0 Å². The summed E-state index contributed by atoms with van der Waals surface area (Å²) in [7, 11) is 0. The number of benzene rings is 1. The lowest BCUT2D eigenvalue weighted by Crippen LogP contribution is -2.10. The fraction of sp³-hybridized carbons (Fsp3) is 0.167. The van der Waals surface area contributed by atoms with Crippen LogP contribution in [0, 0.1) is 5.82 Å². The standard InChI is InChI=1S/C12H13FN4/c1-8(9-2-4-10(13)5-3-9)17-12-11(14)6-15-7-16-12/h2-8H,14H2,1H3,(H,15,16,17). The Bertz CT molecular complexity index is 498. The molecule has 0 aliphatic rings. The number of anilines is 2. The maximum absolute atomic E-state index is 12.8. The molecular formula is C12H13FN4. The van der Waals surface area contributed by atoms with Gasteiger partial charge in [0, 0.05) is 0 Å². The van der Waals surface area contributed by atoms with Crippen LogP contribution >= 0.6 is 0 Å². The van der Waals surface area contributed by atoms with E-state index in [9.17, 15) is 4.39 Å². The van der Waals surface area contributed by atoms with Crippen molar-refractivity contribution in [3.8, 4) is 0 Å². The number of hydrogen-bond acceptors (Lipinski definition) is 4. The molecule has 1 atom stereocenters. The van der Waals surface area contributed by atoms with Gasteiger partial charge in [-0.2, -0.15) is 0 Å². The van der Waals surface area contributed by atoms with E-state index >= 15 is 0 Å². The summed E-state index contributed by atoms with van der Waals surface area (Å²) in [5, 5.41) is 3.15. The third-order valence-corrected chi connectivity index (χ3v) is 2.46. The molecule has 0 saturated carbocycles. The molecule has 0 spiro atoms. The van der Waals surface area contributed by atoms with Gasteiger partial charge in [0.2, 0.25) is 0 Å². The molecule has 4 nitrogen and oxygen atoms in total. The SMILES string of the molecule is CC(Nc1ncncc1N)c1ccc(F)cc1. The second-order valence-electron chi connectivity index (χ2n) is 3.74. The fourth-order valence-corrected chi connectivity index (χ4v) is 1.50. The van der Waals surface area contributed by atoms with Crippen LogP contribution in [0.1, 0.15) is 18.5 Å². The number of aromatic nitrogens is 2. The summed E-state index contributed by atoms with van der Waals surface area (Å²) in [5.74, 6) is 0.333. The van der Waals surface area contributed by atoms with Gasteiger partial charge in [0.1, 0.15) is 12.1 Å². The highest BCUT2D eigenvalue weighted by molar-refractivity contribution is 5.59. The monoisotopic (exact) mass is 232 g/mol. The predicted molar refractivity (Wildman–Crippen MR) is 64.9 cm³/mol. The molecule has 0 amide bonds. The lowest BCUT2D eigenvalue weighted by Gasteiger charge is -2.15. The van der Waals surface area contributed by atoms with Gasteiger partial charge in [0.05, 0.1) is 17.9 Å². The number of hydrogen-bond donors (Lipinski definition) is 2. The minimum atomic E-state index is -0.248. The first-order valence-electron chi connectivity index (χ1n) is 5.24. The van der Waals surface area contributed by atoms with Crippen LogP contribution in [0.15, 0.2) is 36.8 Å². The number of nitrogens with one attached hydrogen (secondary N) is 1. The van der Waals surface area contributed by atoms with Gasteiger partial charge in [-0.3, -0.25) is 0 Å². The minimum absolute atomic E-state index is 0.00667. The highest BCUT2D eigenvalue weighted by Crippen LogP contribution is 2.21. The van der Waals surface area contributed by atoms with Crippen molar-refractivity contribution in [1.82, 2.24) is 9.97 Å². The lowest BCUT2D eigenvalue weighted by atomic mass is 10.1. The topological polar surface area (TPSA) is 63.8 Å². The summed E-state index contributed by atoms with van der Waals surface area (Å²) in [4.78, 5) is 7.85. The molecule has 88 valence electrons. The van der Waals surface area contributed by atoms with E-state index in [0.717, 1.165) is 5.56 Å². The third kappa shape index (κ3) is 2.69. The van der Waals surface area contributed by atoms with Gasteiger partial charge in [-0.1, -0.05) is 12.1 Å². The minimum Gasteiger partial charge on any atom is -0.394 e. The van der Waals surface area contributed by atoms with Gasteiger partial charge in [-0.15, -0.1) is 0 Å². The Morgan fingerprint density at radius 1 is 1.29 bits per heavy atom. The molecular weight excluding hydrogens is 219 g/mol. The maximum Gasteiger partial charge on any atom is 0.153 e. The molecule has 2 aromatic rings. The van der Waals surface area contributed by atoms with Crippen LogP contribution in [-0.2, 0) is 0 Å². The van der Waals surface area contributed by atoms with Crippen LogP contribution < -0.4 is 11.1 Å². The van der Waals surface area contributed by atoms with E-state index in [0.29, 0.717) is 11.5 Å². The van der Waals surface area contributed by atoms with E-state index < -0.39 is 0 Å². The molecule has 17 heavy (non-hydrogen) atoms. The molecule has 0 bridgehead atoms. The van der Waals surface area contributed by atoms with E-state index in [1.165, 1.54) is 24.7 Å². The van der Waals surface area contributed by atoms with Gasteiger partial charge in [0.25, 0.3) is 0 Å². The Hall–Kier alpha value is -2.17.